The zero-order valence-electron chi connectivity index (χ0n) is 7.70. The molecule has 1 atom stereocenters. The van der Waals surface area contributed by atoms with Crippen molar-refractivity contribution >= 4 is 11.9 Å². The van der Waals surface area contributed by atoms with Gasteiger partial charge in [0.25, 0.3) is 0 Å². The van der Waals surface area contributed by atoms with Crippen molar-refractivity contribution < 1.29 is 14.7 Å². The fraction of sp³-hybridized carbons (Fsp3) is 0.750. The van der Waals surface area contributed by atoms with Crippen molar-refractivity contribution in [1.82, 2.24) is 4.90 Å². The van der Waals surface area contributed by atoms with Crippen LogP contribution in [0, 0.1) is 5.92 Å². The summed E-state index contributed by atoms with van der Waals surface area (Å²) in [5.74, 6) is -1.47. The average Bonchev–Trinajstić information content (AvgIpc) is 2.00. The topological polar surface area (TPSA) is 57.6 Å². The second kappa shape index (κ2) is 4.74. The molecule has 0 aliphatic carbocycles. The molecule has 0 bridgehead atoms. The van der Waals surface area contributed by atoms with Gasteiger partial charge in [0.2, 0.25) is 5.91 Å². The average molecular weight is 173 g/mol. The van der Waals surface area contributed by atoms with Crippen molar-refractivity contribution in [2.24, 2.45) is 5.92 Å². The Hall–Kier alpha value is -1.06. The number of aliphatic carboxylic acids is 1. The van der Waals surface area contributed by atoms with E-state index in [2.05, 4.69) is 0 Å². The maximum absolute atomic E-state index is 11.3. The lowest BCUT2D eigenvalue weighted by atomic mass is 10.1. The lowest BCUT2D eigenvalue weighted by Crippen LogP contribution is -2.32. The van der Waals surface area contributed by atoms with Crippen LogP contribution in [0.4, 0.5) is 0 Å². The van der Waals surface area contributed by atoms with Gasteiger partial charge in [0.1, 0.15) is 0 Å². The van der Waals surface area contributed by atoms with E-state index in [9.17, 15) is 9.59 Å². The second-order valence-electron chi connectivity index (χ2n) is 2.85. The van der Waals surface area contributed by atoms with Crippen LogP contribution in [0.5, 0.6) is 0 Å². The summed E-state index contributed by atoms with van der Waals surface area (Å²) in [6.07, 6.45) is -0.0941. The smallest absolute Gasteiger partial charge is 0.304 e. The van der Waals surface area contributed by atoms with Crippen molar-refractivity contribution in [3.05, 3.63) is 0 Å². The molecular weight excluding hydrogens is 158 g/mol. The number of carboxylic acid groups (broad SMARTS) is 1. The molecule has 0 fully saturated rings. The molecule has 1 N–H and O–H groups in total. The van der Waals surface area contributed by atoms with Crippen LogP contribution in [-0.2, 0) is 9.59 Å². The molecule has 1 unspecified atom stereocenters. The molecule has 0 aromatic carbocycles. The lowest BCUT2D eigenvalue weighted by molar-refractivity contribution is -0.143. The van der Waals surface area contributed by atoms with E-state index in [1.807, 2.05) is 6.92 Å². The van der Waals surface area contributed by atoms with Crippen molar-refractivity contribution in [2.45, 2.75) is 20.3 Å². The molecule has 0 radical (unpaired) electrons. The summed E-state index contributed by atoms with van der Waals surface area (Å²) in [5.41, 5.74) is 0. The van der Waals surface area contributed by atoms with Crippen LogP contribution in [0.2, 0.25) is 0 Å². The molecule has 0 heterocycles. The number of hydrogen-bond acceptors (Lipinski definition) is 2. The van der Waals surface area contributed by atoms with E-state index in [1.165, 1.54) is 4.90 Å². The highest BCUT2D eigenvalue weighted by Gasteiger charge is 2.18. The Morgan fingerprint density at radius 2 is 2.00 bits per heavy atom. The van der Waals surface area contributed by atoms with Crippen LogP contribution < -0.4 is 0 Å². The van der Waals surface area contributed by atoms with E-state index in [-0.39, 0.29) is 12.3 Å². The van der Waals surface area contributed by atoms with Gasteiger partial charge in [0, 0.05) is 19.5 Å². The number of amides is 1. The Kier molecular flexibility index (Phi) is 4.33. The standard InChI is InChI=1S/C8H15NO3/c1-4-9(3)8(12)6(2)5-7(10)11/h6H,4-5H2,1-3H3,(H,10,11). The molecule has 70 valence electrons. The zero-order chi connectivity index (χ0) is 9.72. The minimum atomic E-state index is -0.930. The molecule has 0 aromatic rings. The maximum Gasteiger partial charge on any atom is 0.304 e. The highest BCUT2D eigenvalue weighted by molar-refractivity contribution is 5.82. The Labute approximate surface area is 72.2 Å². The van der Waals surface area contributed by atoms with Crippen LogP contribution in [0.1, 0.15) is 20.3 Å². The lowest BCUT2D eigenvalue weighted by Gasteiger charge is -2.18. The van der Waals surface area contributed by atoms with Gasteiger partial charge in [-0.05, 0) is 6.92 Å². The number of nitrogens with zero attached hydrogens (tertiary/aromatic N) is 1. The van der Waals surface area contributed by atoms with E-state index in [1.54, 1.807) is 14.0 Å². The fourth-order valence-corrected chi connectivity index (χ4v) is 0.881. The van der Waals surface area contributed by atoms with Gasteiger partial charge < -0.3 is 10.0 Å². The minimum Gasteiger partial charge on any atom is -0.481 e. The van der Waals surface area contributed by atoms with Crippen LogP contribution in [0.3, 0.4) is 0 Å². The van der Waals surface area contributed by atoms with Gasteiger partial charge in [0.05, 0.1) is 6.42 Å². The van der Waals surface area contributed by atoms with Crippen LogP contribution in [-0.4, -0.2) is 35.5 Å². The van der Waals surface area contributed by atoms with Gasteiger partial charge in [-0.3, -0.25) is 9.59 Å². The first-order valence-corrected chi connectivity index (χ1v) is 3.95. The molecule has 0 rings (SSSR count). The van der Waals surface area contributed by atoms with E-state index < -0.39 is 11.9 Å². The Morgan fingerprint density at radius 1 is 1.50 bits per heavy atom. The van der Waals surface area contributed by atoms with Crippen LogP contribution in [0.15, 0.2) is 0 Å². The third kappa shape index (κ3) is 3.37. The molecule has 0 saturated heterocycles. The van der Waals surface area contributed by atoms with Crippen molar-refractivity contribution in [3.63, 3.8) is 0 Å². The zero-order valence-corrected chi connectivity index (χ0v) is 7.70. The normalized spacial score (nSPS) is 12.2. The monoisotopic (exact) mass is 173 g/mol. The number of hydrogen-bond donors (Lipinski definition) is 1. The molecule has 4 heteroatoms. The van der Waals surface area contributed by atoms with Gasteiger partial charge in [0.15, 0.2) is 0 Å². The van der Waals surface area contributed by atoms with E-state index in [0.717, 1.165) is 0 Å². The SMILES string of the molecule is CCN(C)C(=O)C(C)CC(=O)O. The number of carbonyl (C=O) groups is 2. The van der Waals surface area contributed by atoms with Crippen molar-refractivity contribution in [3.8, 4) is 0 Å². The molecule has 1 amide bonds. The van der Waals surface area contributed by atoms with Gasteiger partial charge in [-0.2, -0.15) is 0 Å². The minimum absolute atomic E-state index is 0.0941. The molecule has 0 aromatic heterocycles. The van der Waals surface area contributed by atoms with Crippen LogP contribution in [0.25, 0.3) is 0 Å². The summed E-state index contributed by atoms with van der Waals surface area (Å²) >= 11 is 0. The van der Waals surface area contributed by atoms with Gasteiger partial charge >= 0.3 is 5.97 Å². The Morgan fingerprint density at radius 3 is 2.33 bits per heavy atom. The highest BCUT2D eigenvalue weighted by atomic mass is 16.4. The Bertz CT molecular complexity index is 179. The summed E-state index contributed by atoms with van der Waals surface area (Å²) in [5, 5.41) is 8.42. The molecule has 0 spiro atoms. The molecule has 12 heavy (non-hydrogen) atoms. The summed E-state index contributed by atoms with van der Waals surface area (Å²) in [7, 11) is 1.67. The first-order valence-electron chi connectivity index (χ1n) is 3.95. The van der Waals surface area contributed by atoms with Crippen LogP contribution >= 0.6 is 0 Å². The van der Waals surface area contributed by atoms with E-state index >= 15 is 0 Å². The largest absolute Gasteiger partial charge is 0.481 e. The van der Waals surface area contributed by atoms with E-state index in [4.69, 9.17) is 5.11 Å². The molecular formula is C8H15NO3. The third-order valence-electron chi connectivity index (χ3n) is 1.75. The fourth-order valence-electron chi connectivity index (χ4n) is 0.881. The summed E-state index contributed by atoms with van der Waals surface area (Å²) in [4.78, 5) is 23.0. The molecule has 0 saturated carbocycles. The van der Waals surface area contributed by atoms with Gasteiger partial charge in [-0.1, -0.05) is 6.92 Å². The number of carbonyl (C=O) groups excluding carboxylic acids is 1. The van der Waals surface area contributed by atoms with Gasteiger partial charge in [-0.25, -0.2) is 0 Å². The number of carboxylic acids is 1. The molecule has 4 nitrogen and oxygen atoms in total. The third-order valence-corrected chi connectivity index (χ3v) is 1.75. The van der Waals surface area contributed by atoms with Gasteiger partial charge in [-0.15, -0.1) is 0 Å². The highest BCUT2D eigenvalue weighted by Crippen LogP contribution is 2.05. The molecule has 0 aliphatic heterocycles. The maximum atomic E-state index is 11.3. The van der Waals surface area contributed by atoms with Crippen molar-refractivity contribution in [2.75, 3.05) is 13.6 Å². The summed E-state index contributed by atoms with van der Waals surface area (Å²) < 4.78 is 0. The summed E-state index contributed by atoms with van der Waals surface area (Å²) in [6.45, 7) is 4.09. The van der Waals surface area contributed by atoms with Crippen molar-refractivity contribution in [1.29, 1.82) is 0 Å². The Balaban J connectivity index is 4.01. The van der Waals surface area contributed by atoms with E-state index in [0.29, 0.717) is 6.54 Å². The predicted molar refractivity (Wildman–Crippen MR) is 44.7 cm³/mol. The molecule has 0 aliphatic rings. The second-order valence-corrected chi connectivity index (χ2v) is 2.85. The first-order chi connectivity index (χ1) is 5.49. The quantitative estimate of drug-likeness (QED) is 0.676. The number of rotatable bonds is 4. The summed E-state index contributed by atoms with van der Waals surface area (Å²) in [6, 6.07) is 0. The first kappa shape index (κ1) is 10.9. The predicted octanol–water partition coefficient (Wildman–Crippen LogP) is 0.575.